The quantitative estimate of drug-likeness (QED) is 0.581. The molecule has 0 fully saturated rings. The average molecular weight is 285 g/mol. The first-order chi connectivity index (χ1) is 10.9. The molecule has 1 aliphatic rings. The smallest absolute Gasteiger partial charge is 0.537 e. The van der Waals surface area contributed by atoms with E-state index in [9.17, 15) is 0 Å². The Kier molecular flexibility index (Phi) is 3.21. The van der Waals surface area contributed by atoms with Gasteiger partial charge in [0, 0.05) is 5.92 Å². The highest BCUT2D eigenvalue weighted by Crippen LogP contribution is 2.48. The third-order valence-corrected chi connectivity index (χ3v) is 4.22. The molecule has 0 amide bonds. The summed E-state index contributed by atoms with van der Waals surface area (Å²) in [5, 5.41) is 8.85. The highest BCUT2D eigenvalue weighted by atomic mass is 16.5. The summed E-state index contributed by atoms with van der Waals surface area (Å²) in [5.41, 5.74) is 6.28. The second kappa shape index (κ2) is 5.36. The first kappa shape index (κ1) is 13.2. The van der Waals surface area contributed by atoms with Crippen LogP contribution in [-0.4, -0.2) is 12.7 Å². The fraction of sp³-hybridized carbons (Fsp3) is 0.0526. The molecular formula is C19H14BO2. The van der Waals surface area contributed by atoms with E-state index < -0.39 is 0 Å². The number of hydrogen-bond donors (Lipinski definition) is 1. The largest absolute Gasteiger partial charge is 0.569 e. The van der Waals surface area contributed by atoms with Crippen LogP contribution in [0.5, 0.6) is 5.75 Å². The SMILES string of the molecule is O[B]Oc1ccc2c(c1)-c1ccccc1C2c1ccccc1. The summed E-state index contributed by atoms with van der Waals surface area (Å²) in [6.07, 6.45) is 0. The van der Waals surface area contributed by atoms with Crippen LogP contribution in [-0.2, 0) is 0 Å². The van der Waals surface area contributed by atoms with E-state index in [1.165, 1.54) is 27.8 Å². The van der Waals surface area contributed by atoms with E-state index in [1.54, 1.807) is 0 Å². The van der Waals surface area contributed by atoms with Crippen molar-refractivity contribution in [3.05, 3.63) is 89.5 Å². The molecule has 0 spiro atoms. The minimum Gasteiger partial charge on any atom is -0.537 e. The molecule has 0 aliphatic heterocycles. The summed E-state index contributed by atoms with van der Waals surface area (Å²) in [7, 11) is 0.720. The van der Waals surface area contributed by atoms with Gasteiger partial charge in [-0.3, -0.25) is 0 Å². The molecule has 2 nitrogen and oxygen atoms in total. The molecule has 0 heterocycles. The van der Waals surface area contributed by atoms with Crippen LogP contribution in [0.2, 0.25) is 0 Å². The predicted molar refractivity (Wildman–Crippen MR) is 87.9 cm³/mol. The normalized spacial score (nSPS) is 15.0. The lowest BCUT2D eigenvalue weighted by Crippen LogP contribution is -2.01. The Morgan fingerprint density at radius 1 is 0.773 bits per heavy atom. The minimum atomic E-state index is 0.250. The topological polar surface area (TPSA) is 29.5 Å². The van der Waals surface area contributed by atoms with Gasteiger partial charge in [0.15, 0.2) is 0 Å². The number of benzene rings is 3. The van der Waals surface area contributed by atoms with E-state index in [4.69, 9.17) is 9.68 Å². The van der Waals surface area contributed by atoms with Gasteiger partial charge in [-0.25, -0.2) is 0 Å². The highest BCUT2D eigenvalue weighted by molar-refractivity contribution is 6.17. The average Bonchev–Trinajstić information content (AvgIpc) is 2.90. The van der Waals surface area contributed by atoms with Crippen LogP contribution in [0.15, 0.2) is 72.8 Å². The first-order valence-electron chi connectivity index (χ1n) is 7.29. The van der Waals surface area contributed by atoms with E-state index in [1.807, 2.05) is 18.2 Å². The molecule has 3 heteroatoms. The van der Waals surface area contributed by atoms with Crippen molar-refractivity contribution in [2.24, 2.45) is 0 Å². The summed E-state index contributed by atoms with van der Waals surface area (Å²) in [6.45, 7) is 0. The van der Waals surface area contributed by atoms with Gasteiger partial charge in [-0.05, 0) is 39.9 Å². The van der Waals surface area contributed by atoms with Gasteiger partial charge in [-0.2, -0.15) is 0 Å². The lowest BCUT2D eigenvalue weighted by molar-refractivity contribution is 0.454. The second-order valence-corrected chi connectivity index (χ2v) is 5.40. The minimum absolute atomic E-state index is 0.250. The highest BCUT2D eigenvalue weighted by Gasteiger charge is 2.29. The van der Waals surface area contributed by atoms with Gasteiger partial charge in [0.1, 0.15) is 5.75 Å². The van der Waals surface area contributed by atoms with Crippen LogP contribution in [0.3, 0.4) is 0 Å². The van der Waals surface area contributed by atoms with Crippen LogP contribution >= 0.6 is 0 Å². The third-order valence-electron chi connectivity index (χ3n) is 4.22. The van der Waals surface area contributed by atoms with Crippen molar-refractivity contribution >= 4 is 7.69 Å². The molecule has 4 rings (SSSR count). The van der Waals surface area contributed by atoms with E-state index in [0.717, 1.165) is 7.69 Å². The molecule has 22 heavy (non-hydrogen) atoms. The molecule has 3 aromatic carbocycles. The molecule has 105 valence electrons. The van der Waals surface area contributed by atoms with Crippen LogP contribution in [0.1, 0.15) is 22.6 Å². The molecule has 0 aromatic heterocycles. The van der Waals surface area contributed by atoms with Gasteiger partial charge >= 0.3 is 7.69 Å². The summed E-state index contributed by atoms with van der Waals surface area (Å²) < 4.78 is 5.12. The van der Waals surface area contributed by atoms with Crippen molar-refractivity contribution < 1.29 is 9.68 Å². The van der Waals surface area contributed by atoms with Gasteiger partial charge < -0.3 is 9.68 Å². The Labute approximate surface area is 130 Å². The van der Waals surface area contributed by atoms with E-state index in [-0.39, 0.29) is 5.92 Å². The maximum absolute atomic E-state index is 8.85. The predicted octanol–water partition coefficient (Wildman–Crippen LogP) is 3.75. The lowest BCUT2D eigenvalue weighted by Gasteiger charge is -2.14. The first-order valence-corrected chi connectivity index (χ1v) is 7.29. The van der Waals surface area contributed by atoms with Crippen molar-refractivity contribution in [2.75, 3.05) is 0 Å². The molecule has 0 saturated heterocycles. The summed E-state index contributed by atoms with van der Waals surface area (Å²) in [5.74, 6) is 0.893. The Bertz CT molecular complexity index is 815. The van der Waals surface area contributed by atoms with Gasteiger partial charge in [0.25, 0.3) is 0 Å². The van der Waals surface area contributed by atoms with Crippen LogP contribution in [0, 0.1) is 0 Å². The van der Waals surface area contributed by atoms with Crippen molar-refractivity contribution in [3.63, 3.8) is 0 Å². The summed E-state index contributed by atoms with van der Waals surface area (Å²) in [6, 6.07) is 25.0. The van der Waals surface area contributed by atoms with Gasteiger partial charge in [-0.15, -0.1) is 0 Å². The molecule has 3 aromatic rings. The standard InChI is InChI=1S/C19H14BO2/c21-20-22-14-10-11-17-18(12-14)15-8-4-5-9-16(15)19(17)13-6-2-1-3-7-13/h1-12,19,21H. The summed E-state index contributed by atoms with van der Waals surface area (Å²) in [4.78, 5) is 0. The zero-order chi connectivity index (χ0) is 14.9. The number of fused-ring (bicyclic) bond motifs is 3. The van der Waals surface area contributed by atoms with Gasteiger partial charge in [0.2, 0.25) is 0 Å². The second-order valence-electron chi connectivity index (χ2n) is 5.40. The monoisotopic (exact) mass is 285 g/mol. The molecule has 1 atom stereocenters. The van der Waals surface area contributed by atoms with Crippen molar-refractivity contribution in [1.82, 2.24) is 0 Å². The van der Waals surface area contributed by atoms with E-state index >= 15 is 0 Å². The van der Waals surface area contributed by atoms with Crippen molar-refractivity contribution in [1.29, 1.82) is 0 Å². The maximum atomic E-state index is 8.85. The zero-order valence-electron chi connectivity index (χ0n) is 11.9. The van der Waals surface area contributed by atoms with Gasteiger partial charge in [0.05, 0.1) is 0 Å². The fourth-order valence-corrected chi connectivity index (χ4v) is 3.32. The Balaban J connectivity index is 1.92. The fourth-order valence-electron chi connectivity index (χ4n) is 3.32. The molecular weight excluding hydrogens is 271 g/mol. The Morgan fingerprint density at radius 3 is 2.32 bits per heavy atom. The van der Waals surface area contributed by atoms with Crippen LogP contribution in [0.4, 0.5) is 0 Å². The van der Waals surface area contributed by atoms with E-state index in [0.29, 0.717) is 5.75 Å². The zero-order valence-corrected chi connectivity index (χ0v) is 11.9. The molecule has 0 saturated carbocycles. The molecule has 1 unspecified atom stereocenters. The molecule has 1 aliphatic carbocycles. The third kappa shape index (κ3) is 2.02. The maximum Gasteiger partial charge on any atom is 0.569 e. The lowest BCUT2D eigenvalue weighted by atomic mass is 9.89. The number of rotatable bonds is 3. The van der Waals surface area contributed by atoms with E-state index in [2.05, 4.69) is 54.6 Å². The Hall–Kier alpha value is -2.52. The molecule has 1 radical (unpaired) electrons. The number of hydrogen-bond acceptors (Lipinski definition) is 2. The molecule has 1 N–H and O–H groups in total. The van der Waals surface area contributed by atoms with Gasteiger partial charge in [-0.1, -0.05) is 60.7 Å². The molecule has 0 bridgehead atoms. The van der Waals surface area contributed by atoms with Crippen LogP contribution in [0.25, 0.3) is 11.1 Å². The summed E-state index contributed by atoms with van der Waals surface area (Å²) >= 11 is 0. The van der Waals surface area contributed by atoms with Crippen molar-refractivity contribution in [2.45, 2.75) is 5.92 Å². The Morgan fingerprint density at radius 2 is 1.50 bits per heavy atom. The van der Waals surface area contributed by atoms with Crippen molar-refractivity contribution in [3.8, 4) is 16.9 Å². The van der Waals surface area contributed by atoms with Crippen LogP contribution < -0.4 is 4.65 Å².